The monoisotopic (exact) mass is 396 g/mol. The summed E-state index contributed by atoms with van der Waals surface area (Å²) in [5.41, 5.74) is 2.70. The molecule has 6 nitrogen and oxygen atoms in total. The van der Waals surface area contributed by atoms with Gasteiger partial charge in [-0.1, -0.05) is 18.2 Å². The van der Waals surface area contributed by atoms with Gasteiger partial charge in [-0.15, -0.1) is 0 Å². The molecule has 3 rings (SSSR count). The molecule has 0 aliphatic carbocycles. The number of hydrogen-bond donors (Lipinski definition) is 0. The van der Waals surface area contributed by atoms with Crippen LogP contribution in [0.3, 0.4) is 0 Å². The third-order valence-electron chi connectivity index (χ3n) is 5.25. The second kappa shape index (κ2) is 9.45. The predicted molar refractivity (Wildman–Crippen MR) is 111 cm³/mol. The fourth-order valence-electron chi connectivity index (χ4n) is 3.55. The molecule has 29 heavy (non-hydrogen) atoms. The molecular formula is C23H28N2O4. The second-order valence-corrected chi connectivity index (χ2v) is 7.29. The Hall–Kier alpha value is -3.02. The third-order valence-corrected chi connectivity index (χ3v) is 5.25. The smallest absolute Gasteiger partial charge is 0.253 e. The Morgan fingerprint density at radius 3 is 2.55 bits per heavy atom. The predicted octanol–water partition coefficient (Wildman–Crippen LogP) is 3.14. The molecule has 0 spiro atoms. The van der Waals surface area contributed by atoms with Crippen LogP contribution in [0.15, 0.2) is 42.5 Å². The minimum atomic E-state index is -0.0277. The van der Waals surface area contributed by atoms with E-state index < -0.39 is 0 Å². The maximum atomic E-state index is 12.8. The Bertz CT molecular complexity index is 881. The maximum absolute atomic E-state index is 12.8. The standard InChI is InChI=1S/C23H28N2O4/c1-24(13-11-17-9-10-20(28-2)21(15-17)29-3)23(27)19-7-4-6-18(14-19)16-25-12-5-8-22(25)26/h4,6-7,9-10,14-15H,5,8,11-13,16H2,1-3H3. The van der Waals surface area contributed by atoms with Gasteiger partial charge in [0.05, 0.1) is 14.2 Å². The number of likely N-dealkylation sites (N-methyl/N-ethyl adjacent to an activating group) is 1. The van der Waals surface area contributed by atoms with Gasteiger partial charge in [0, 0.05) is 38.7 Å². The first kappa shape index (κ1) is 20.7. The SMILES string of the molecule is COc1ccc(CCN(C)C(=O)c2cccc(CN3CCCC3=O)c2)cc1OC. The van der Waals surface area contributed by atoms with Crippen LogP contribution in [0.2, 0.25) is 0 Å². The zero-order valence-corrected chi connectivity index (χ0v) is 17.3. The molecule has 0 bridgehead atoms. The lowest BCUT2D eigenvalue weighted by Gasteiger charge is -2.19. The Morgan fingerprint density at radius 2 is 1.86 bits per heavy atom. The molecule has 1 aliphatic rings. The van der Waals surface area contributed by atoms with Crippen LogP contribution in [0.25, 0.3) is 0 Å². The van der Waals surface area contributed by atoms with Crippen molar-refractivity contribution in [3.63, 3.8) is 0 Å². The van der Waals surface area contributed by atoms with Gasteiger partial charge >= 0.3 is 0 Å². The number of hydrogen-bond acceptors (Lipinski definition) is 4. The molecule has 0 N–H and O–H groups in total. The van der Waals surface area contributed by atoms with E-state index in [1.165, 1.54) is 0 Å². The van der Waals surface area contributed by atoms with Gasteiger partial charge in [0.15, 0.2) is 11.5 Å². The van der Waals surface area contributed by atoms with Crippen molar-refractivity contribution < 1.29 is 19.1 Å². The van der Waals surface area contributed by atoms with E-state index >= 15 is 0 Å². The van der Waals surface area contributed by atoms with Gasteiger partial charge in [-0.2, -0.15) is 0 Å². The van der Waals surface area contributed by atoms with Crippen molar-refractivity contribution in [2.24, 2.45) is 0 Å². The van der Waals surface area contributed by atoms with Gasteiger partial charge in [-0.3, -0.25) is 9.59 Å². The summed E-state index contributed by atoms with van der Waals surface area (Å²) in [6.07, 6.45) is 2.25. The fraction of sp³-hybridized carbons (Fsp3) is 0.391. The molecular weight excluding hydrogens is 368 g/mol. The summed E-state index contributed by atoms with van der Waals surface area (Å²) < 4.78 is 10.6. The number of rotatable bonds is 8. The van der Waals surface area contributed by atoms with Crippen molar-refractivity contribution in [2.45, 2.75) is 25.8 Å². The van der Waals surface area contributed by atoms with Crippen molar-refractivity contribution >= 4 is 11.8 Å². The van der Waals surface area contributed by atoms with Gasteiger partial charge in [0.25, 0.3) is 5.91 Å². The largest absolute Gasteiger partial charge is 0.493 e. The quantitative estimate of drug-likeness (QED) is 0.688. The molecule has 2 aromatic carbocycles. The number of nitrogens with zero attached hydrogens (tertiary/aromatic N) is 2. The minimum Gasteiger partial charge on any atom is -0.493 e. The lowest BCUT2D eigenvalue weighted by atomic mass is 10.1. The summed E-state index contributed by atoms with van der Waals surface area (Å²) in [6.45, 7) is 1.95. The van der Waals surface area contributed by atoms with E-state index in [1.807, 2.05) is 47.4 Å². The number of carbonyl (C=O) groups excluding carboxylic acids is 2. The zero-order chi connectivity index (χ0) is 20.8. The average molecular weight is 396 g/mol. The van der Waals surface area contributed by atoms with Gasteiger partial charge in [-0.25, -0.2) is 0 Å². The van der Waals surface area contributed by atoms with E-state index in [2.05, 4.69) is 0 Å². The highest BCUT2D eigenvalue weighted by Gasteiger charge is 2.20. The fourth-order valence-corrected chi connectivity index (χ4v) is 3.55. The molecule has 0 saturated carbocycles. The van der Waals surface area contributed by atoms with Crippen LogP contribution < -0.4 is 9.47 Å². The Labute approximate surface area is 172 Å². The normalized spacial score (nSPS) is 13.5. The molecule has 1 fully saturated rings. The lowest BCUT2D eigenvalue weighted by molar-refractivity contribution is -0.128. The van der Waals surface area contributed by atoms with Crippen LogP contribution in [-0.4, -0.2) is 56.0 Å². The van der Waals surface area contributed by atoms with E-state index in [0.717, 1.165) is 24.1 Å². The van der Waals surface area contributed by atoms with Crippen LogP contribution >= 0.6 is 0 Å². The molecule has 1 saturated heterocycles. The summed E-state index contributed by atoms with van der Waals surface area (Å²) in [6, 6.07) is 13.3. The van der Waals surface area contributed by atoms with E-state index in [0.29, 0.717) is 43.0 Å². The second-order valence-electron chi connectivity index (χ2n) is 7.29. The molecule has 1 heterocycles. The first-order chi connectivity index (χ1) is 14.0. The molecule has 0 radical (unpaired) electrons. The van der Waals surface area contributed by atoms with Crippen LogP contribution in [0, 0.1) is 0 Å². The molecule has 0 aromatic heterocycles. The third kappa shape index (κ3) is 5.08. The summed E-state index contributed by atoms with van der Waals surface area (Å²) in [4.78, 5) is 28.3. The molecule has 2 amide bonds. The van der Waals surface area contributed by atoms with E-state index in [9.17, 15) is 9.59 Å². The van der Waals surface area contributed by atoms with Crippen molar-refractivity contribution in [3.8, 4) is 11.5 Å². The number of amides is 2. The minimum absolute atomic E-state index is 0.0277. The zero-order valence-electron chi connectivity index (χ0n) is 17.3. The summed E-state index contributed by atoms with van der Waals surface area (Å²) >= 11 is 0. The number of ether oxygens (including phenoxy) is 2. The Morgan fingerprint density at radius 1 is 1.07 bits per heavy atom. The maximum Gasteiger partial charge on any atom is 0.253 e. The lowest BCUT2D eigenvalue weighted by Crippen LogP contribution is -2.29. The van der Waals surface area contributed by atoms with E-state index in [1.54, 1.807) is 26.2 Å². The molecule has 0 atom stereocenters. The average Bonchev–Trinajstić information content (AvgIpc) is 3.15. The van der Waals surface area contributed by atoms with Crippen molar-refractivity contribution in [1.29, 1.82) is 0 Å². The summed E-state index contributed by atoms with van der Waals surface area (Å²) in [5, 5.41) is 0. The number of carbonyl (C=O) groups is 2. The van der Waals surface area contributed by atoms with Crippen molar-refractivity contribution in [3.05, 3.63) is 59.2 Å². The van der Waals surface area contributed by atoms with Gasteiger partial charge < -0.3 is 19.3 Å². The number of likely N-dealkylation sites (tertiary alicyclic amines) is 1. The van der Waals surface area contributed by atoms with E-state index in [-0.39, 0.29) is 11.8 Å². The van der Waals surface area contributed by atoms with E-state index in [4.69, 9.17) is 9.47 Å². The van der Waals surface area contributed by atoms with Gasteiger partial charge in [0.2, 0.25) is 5.91 Å². The molecule has 0 unspecified atom stereocenters. The molecule has 6 heteroatoms. The van der Waals surface area contributed by atoms with Gasteiger partial charge in [0.1, 0.15) is 0 Å². The highest BCUT2D eigenvalue weighted by molar-refractivity contribution is 5.94. The van der Waals surface area contributed by atoms with Crippen molar-refractivity contribution in [1.82, 2.24) is 9.80 Å². The summed E-state index contributed by atoms with van der Waals surface area (Å²) in [7, 11) is 5.03. The highest BCUT2D eigenvalue weighted by Crippen LogP contribution is 2.27. The Balaban J connectivity index is 1.61. The molecule has 1 aliphatic heterocycles. The summed E-state index contributed by atoms with van der Waals surface area (Å²) in [5.74, 6) is 1.53. The number of methoxy groups -OCH3 is 2. The first-order valence-corrected chi connectivity index (χ1v) is 9.85. The van der Waals surface area contributed by atoms with Crippen LogP contribution in [0.4, 0.5) is 0 Å². The number of benzene rings is 2. The molecule has 2 aromatic rings. The van der Waals surface area contributed by atoms with Crippen molar-refractivity contribution in [2.75, 3.05) is 34.4 Å². The van der Waals surface area contributed by atoms with Gasteiger partial charge in [-0.05, 0) is 48.2 Å². The molecule has 154 valence electrons. The van der Waals surface area contributed by atoms with Crippen LogP contribution in [0.5, 0.6) is 11.5 Å². The first-order valence-electron chi connectivity index (χ1n) is 9.85. The topological polar surface area (TPSA) is 59.1 Å². The highest BCUT2D eigenvalue weighted by atomic mass is 16.5. The van der Waals surface area contributed by atoms with Crippen LogP contribution in [-0.2, 0) is 17.8 Å². The van der Waals surface area contributed by atoms with Crippen LogP contribution in [0.1, 0.15) is 34.3 Å². The Kier molecular flexibility index (Phi) is 6.75.